The summed E-state index contributed by atoms with van der Waals surface area (Å²) >= 11 is 0. The van der Waals surface area contributed by atoms with Gasteiger partial charge in [0.15, 0.2) is 0 Å². The molecule has 5 aromatic rings. The molecule has 0 saturated carbocycles. The highest BCUT2D eigenvalue weighted by Gasteiger charge is 2.12. The molecule has 0 saturated heterocycles. The number of hydrogen-bond donors (Lipinski definition) is 0. The van der Waals surface area contributed by atoms with Crippen LogP contribution in [0.2, 0.25) is 0 Å². The summed E-state index contributed by atoms with van der Waals surface area (Å²) in [6.07, 6.45) is 4.28. The standard InChI is InChI=1S/C28H23NO2/c1-30-23-14-9-20(10-15-23)7-8-21-11-18-28-26(19-21)25-5-3-4-6-27(25)29(28)22-12-16-24(31-2)17-13-22/h3-19H,1-2H3/b8-7+. The molecule has 0 radical (unpaired) electrons. The minimum Gasteiger partial charge on any atom is -0.497 e. The second kappa shape index (κ2) is 8.04. The maximum absolute atomic E-state index is 5.33. The first-order valence-corrected chi connectivity index (χ1v) is 10.3. The van der Waals surface area contributed by atoms with Gasteiger partial charge in [-0.3, -0.25) is 0 Å². The van der Waals surface area contributed by atoms with Gasteiger partial charge in [0, 0.05) is 16.5 Å². The number of ether oxygens (including phenoxy) is 2. The third kappa shape index (κ3) is 3.55. The summed E-state index contributed by atoms with van der Waals surface area (Å²) in [7, 11) is 3.37. The fourth-order valence-electron chi connectivity index (χ4n) is 4.01. The van der Waals surface area contributed by atoms with Gasteiger partial charge in [0.05, 0.1) is 25.3 Å². The van der Waals surface area contributed by atoms with Crippen molar-refractivity contribution in [3.05, 3.63) is 102 Å². The zero-order chi connectivity index (χ0) is 21.2. The predicted octanol–water partition coefficient (Wildman–Crippen LogP) is 6.97. The number of aromatic nitrogens is 1. The van der Waals surface area contributed by atoms with Gasteiger partial charge >= 0.3 is 0 Å². The third-order valence-corrected chi connectivity index (χ3v) is 5.61. The summed E-state index contributed by atoms with van der Waals surface area (Å²) in [5, 5.41) is 2.48. The van der Waals surface area contributed by atoms with Crippen LogP contribution in [0.25, 0.3) is 39.6 Å². The summed E-state index contributed by atoms with van der Waals surface area (Å²) in [4.78, 5) is 0. The average molecular weight is 405 g/mol. The van der Waals surface area contributed by atoms with E-state index in [4.69, 9.17) is 9.47 Å². The lowest BCUT2D eigenvalue weighted by Gasteiger charge is -2.09. The van der Waals surface area contributed by atoms with Gasteiger partial charge in [0.2, 0.25) is 0 Å². The van der Waals surface area contributed by atoms with Crippen molar-refractivity contribution in [1.29, 1.82) is 0 Å². The first-order valence-electron chi connectivity index (χ1n) is 10.3. The molecule has 0 amide bonds. The molecule has 0 spiro atoms. The number of hydrogen-bond acceptors (Lipinski definition) is 2. The molecule has 0 aliphatic rings. The van der Waals surface area contributed by atoms with Crippen LogP contribution in [-0.4, -0.2) is 18.8 Å². The van der Waals surface area contributed by atoms with Crippen molar-refractivity contribution in [2.24, 2.45) is 0 Å². The van der Waals surface area contributed by atoms with E-state index in [9.17, 15) is 0 Å². The van der Waals surface area contributed by atoms with E-state index in [0.717, 1.165) is 22.7 Å². The van der Waals surface area contributed by atoms with Crippen LogP contribution < -0.4 is 9.47 Å². The predicted molar refractivity (Wildman–Crippen MR) is 129 cm³/mol. The van der Waals surface area contributed by atoms with Gasteiger partial charge in [0.25, 0.3) is 0 Å². The highest BCUT2D eigenvalue weighted by molar-refractivity contribution is 6.10. The van der Waals surface area contributed by atoms with Gasteiger partial charge in [-0.1, -0.05) is 48.6 Å². The molecule has 4 aromatic carbocycles. The Kier molecular flexibility index (Phi) is 4.93. The Morgan fingerprint density at radius 1 is 0.581 bits per heavy atom. The number of para-hydroxylation sites is 1. The minimum atomic E-state index is 0.857. The summed E-state index contributed by atoms with van der Waals surface area (Å²) in [6.45, 7) is 0. The monoisotopic (exact) mass is 405 g/mol. The molecule has 0 unspecified atom stereocenters. The molecule has 0 aliphatic carbocycles. The van der Waals surface area contributed by atoms with E-state index in [0.29, 0.717) is 0 Å². The van der Waals surface area contributed by atoms with E-state index in [1.54, 1.807) is 14.2 Å². The molecule has 0 N–H and O–H groups in total. The molecule has 0 fully saturated rings. The summed E-state index contributed by atoms with van der Waals surface area (Å²) in [5.74, 6) is 1.72. The summed E-state index contributed by atoms with van der Waals surface area (Å²) < 4.78 is 12.9. The van der Waals surface area contributed by atoms with Crippen LogP contribution in [0.15, 0.2) is 91.0 Å². The van der Waals surface area contributed by atoms with Crippen molar-refractivity contribution in [2.45, 2.75) is 0 Å². The Labute approximate surface area is 181 Å². The molecule has 1 heterocycles. The van der Waals surface area contributed by atoms with E-state index in [-0.39, 0.29) is 0 Å². The topological polar surface area (TPSA) is 23.4 Å². The number of nitrogens with zero attached hydrogens (tertiary/aromatic N) is 1. The molecule has 0 atom stereocenters. The Morgan fingerprint density at radius 2 is 1.16 bits per heavy atom. The molecule has 3 nitrogen and oxygen atoms in total. The zero-order valence-corrected chi connectivity index (χ0v) is 17.6. The molecule has 1 aromatic heterocycles. The Morgan fingerprint density at radius 3 is 1.87 bits per heavy atom. The van der Waals surface area contributed by atoms with Crippen LogP contribution >= 0.6 is 0 Å². The van der Waals surface area contributed by atoms with Gasteiger partial charge in [-0.15, -0.1) is 0 Å². The molecular weight excluding hydrogens is 382 g/mol. The van der Waals surface area contributed by atoms with Crippen LogP contribution in [0.3, 0.4) is 0 Å². The Hall–Kier alpha value is -3.98. The molecule has 31 heavy (non-hydrogen) atoms. The molecule has 3 heteroatoms. The normalized spacial score (nSPS) is 11.4. The number of benzene rings is 4. The highest BCUT2D eigenvalue weighted by atomic mass is 16.5. The van der Waals surface area contributed by atoms with Gasteiger partial charge in [0.1, 0.15) is 11.5 Å². The third-order valence-electron chi connectivity index (χ3n) is 5.61. The van der Waals surface area contributed by atoms with Gasteiger partial charge in [-0.25, -0.2) is 0 Å². The van der Waals surface area contributed by atoms with Gasteiger partial charge in [-0.2, -0.15) is 0 Å². The van der Waals surface area contributed by atoms with E-state index in [1.165, 1.54) is 27.4 Å². The SMILES string of the molecule is COc1ccc(/C=C/c2ccc3c(c2)c2ccccc2n3-c2ccc(OC)cc2)cc1. The first kappa shape index (κ1) is 19.0. The lowest BCUT2D eigenvalue weighted by atomic mass is 10.1. The van der Waals surface area contributed by atoms with Gasteiger partial charge in [-0.05, 0) is 65.7 Å². The fourth-order valence-corrected chi connectivity index (χ4v) is 4.01. The highest BCUT2D eigenvalue weighted by Crippen LogP contribution is 2.33. The quantitative estimate of drug-likeness (QED) is 0.295. The zero-order valence-electron chi connectivity index (χ0n) is 17.6. The van der Waals surface area contributed by atoms with E-state index >= 15 is 0 Å². The fraction of sp³-hybridized carbons (Fsp3) is 0.0714. The molecular formula is C28H23NO2. The van der Waals surface area contributed by atoms with Crippen LogP contribution in [-0.2, 0) is 0 Å². The molecule has 5 rings (SSSR count). The van der Waals surface area contributed by atoms with Crippen molar-refractivity contribution >= 4 is 34.0 Å². The van der Waals surface area contributed by atoms with Crippen LogP contribution in [0.4, 0.5) is 0 Å². The van der Waals surface area contributed by atoms with Crippen molar-refractivity contribution in [1.82, 2.24) is 4.57 Å². The van der Waals surface area contributed by atoms with Crippen LogP contribution in [0, 0.1) is 0 Å². The maximum atomic E-state index is 5.33. The second-order valence-corrected chi connectivity index (χ2v) is 7.43. The summed E-state index contributed by atoms with van der Waals surface area (Å²) in [5.41, 5.74) is 5.81. The van der Waals surface area contributed by atoms with Crippen molar-refractivity contribution < 1.29 is 9.47 Å². The summed E-state index contributed by atoms with van der Waals surface area (Å²) in [6, 6.07) is 31.5. The minimum absolute atomic E-state index is 0.857. The van der Waals surface area contributed by atoms with Crippen molar-refractivity contribution in [3.8, 4) is 17.2 Å². The lowest BCUT2D eigenvalue weighted by molar-refractivity contribution is 0.414. The first-order chi connectivity index (χ1) is 15.3. The number of methoxy groups -OCH3 is 2. The Balaban J connectivity index is 1.60. The average Bonchev–Trinajstić information content (AvgIpc) is 3.17. The Bertz CT molecular complexity index is 1380. The number of fused-ring (bicyclic) bond motifs is 3. The van der Waals surface area contributed by atoms with E-state index in [1.807, 2.05) is 24.3 Å². The lowest BCUT2D eigenvalue weighted by Crippen LogP contribution is -1.93. The largest absolute Gasteiger partial charge is 0.497 e. The van der Waals surface area contributed by atoms with Gasteiger partial charge < -0.3 is 14.0 Å². The van der Waals surface area contributed by atoms with Crippen molar-refractivity contribution in [3.63, 3.8) is 0 Å². The van der Waals surface area contributed by atoms with E-state index in [2.05, 4.69) is 83.4 Å². The number of rotatable bonds is 5. The molecule has 152 valence electrons. The van der Waals surface area contributed by atoms with Crippen LogP contribution in [0.5, 0.6) is 11.5 Å². The second-order valence-electron chi connectivity index (χ2n) is 7.43. The molecule has 0 bridgehead atoms. The smallest absolute Gasteiger partial charge is 0.119 e. The van der Waals surface area contributed by atoms with E-state index < -0.39 is 0 Å². The molecule has 0 aliphatic heterocycles. The maximum Gasteiger partial charge on any atom is 0.119 e. The van der Waals surface area contributed by atoms with Crippen LogP contribution in [0.1, 0.15) is 11.1 Å². The van der Waals surface area contributed by atoms with Crippen molar-refractivity contribution in [2.75, 3.05) is 14.2 Å².